The van der Waals surface area contributed by atoms with E-state index in [0.29, 0.717) is 11.8 Å². The largest absolute Gasteiger partial charge is 0.756 e. The lowest BCUT2D eigenvalue weighted by Crippen LogP contribution is -2.50. The Kier molecular flexibility index (Phi) is 45.4. The molecular weight excluding hydrogens is 698 g/mol. The number of unbranched alkanes of at least 4 members (excludes halogenated alkanes) is 23. The molecule has 0 rings (SSSR count). The Labute approximate surface area is 348 Å². The lowest BCUT2D eigenvalue weighted by Gasteiger charge is -2.40. The first-order valence-corrected chi connectivity index (χ1v) is 26.6. The molecule has 0 aromatic rings. The average Bonchev–Trinajstić information content (AvgIpc) is 3.19. The molecule has 0 bridgehead atoms. The Morgan fingerprint density at radius 2 is 0.618 bits per heavy atom. The smallest absolute Gasteiger partial charge is 0.267 e. The minimum absolute atomic E-state index is 0.253. The summed E-state index contributed by atoms with van der Waals surface area (Å²) in [6.45, 7) is 24.2. The van der Waals surface area contributed by atoms with Gasteiger partial charge in [0, 0.05) is 0 Å². The third kappa shape index (κ3) is 39.3. The molecule has 0 aliphatic heterocycles. The van der Waals surface area contributed by atoms with E-state index in [4.69, 9.17) is 9.05 Å². The second-order valence-corrected chi connectivity index (χ2v) is 18.9. The van der Waals surface area contributed by atoms with Crippen molar-refractivity contribution >= 4 is 7.82 Å². The van der Waals surface area contributed by atoms with Crippen LogP contribution in [0.15, 0.2) is 0 Å². The summed E-state index contributed by atoms with van der Waals surface area (Å²) < 4.78 is 23.4. The maximum Gasteiger partial charge on any atom is 0.267 e. The van der Waals surface area contributed by atoms with Crippen molar-refractivity contribution in [3.8, 4) is 0 Å². The SMILES string of the molecule is CCCCC(CC)COP(=O)([O-])OCC(CC)CCCC.CCCCCCCCC[N+](CCCCCCCC)(CCCCCCCC)CCCCCCCC. The van der Waals surface area contributed by atoms with Crippen LogP contribution in [0.5, 0.6) is 0 Å². The van der Waals surface area contributed by atoms with Gasteiger partial charge in [-0.15, -0.1) is 0 Å². The molecule has 55 heavy (non-hydrogen) atoms. The van der Waals surface area contributed by atoms with E-state index in [1.165, 1.54) is 191 Å². The minimum Gasteiger partial charge on any atom is -0.756 e. The Bertz CT molecular complexity index is 715. The molecular formula is C49H104NO4P. The zero-order chi connectivity index (χ0) is 41.1. The van der Waals surface area contributed by atoms with Crippen LogP contribution in [0.4, 0.5) is 0 Å². The van der Waals surface area contributed by atoms with Crippen LogP contribution in [0.2, 0.25) is 0 Å². The van der Waals surface area contributed by atoms with Crippen molar-refractivity contribution < 1.29 is 23.0 Å². The normalized spacial score (nSPS) is 14.1. The van der Waals surface area contributed by atoms with E-state index in [-0.39, 0.29) is 13.2 Å². The maximum atomic E-state index is 11.8. The number of phosphoric acid groups is 1. The van der Waals surface area contributed by atoms with Crippen LogP contribution >= 0.6 is 7.82 Å². The third-order valence-electron chi connectivity index (χ3n) is 12.2. The number of hydrogen-bond donors (Lipinski definition) is 0. The Balaban J connectivity index is 0. The summed E-state index contributed by atoms with van der Waals surface area (Å²) in [6, 6.07) is 0. The number of hydrogen-bond acceptors (Lipinski definition) is 4. The van der Waals surface area contributed by atoms with Gasteiger partial charge < -0.3 is 18.4 Å². The molecule has 2 atom stereocenters. The molecule has 0 aromatic heterocycles. The van der Waals surface area contributed by atoms with E-state index in [1.807, 2.05) is 0 Å². The van der Waals surface area contributed by atoms with Gasteiger partial charge in [-0.05, 0) is 76.0 Å². The van der Waals surface area contributed by atoms with Crippen LogP contribution in [0.3, 0.4) is 0 Å². The van der Waals surface area contributed by atoms with Gasteiger partial charge in [-0.2, -0.15) is 0 Å². The van der Waals surface area contributed by atoms with Crippen LogP contribution in [-0.4, -0.2) is 43.9 Å². The standard InChI is InChI=1S/C33H70N.C16H35O4P/c1-5-9-13-17-21-25-29-33-34(30-26-22-18-14-10-6-2,31-27-23-19-15-11-7-3)32-28-24-20-16-12-8-4;1-5-9-11-15(7-3)13-19-21(17,18)20-14-16(8-4)12-10-6-2/h5-33H2,1-4H3;15-16H,5-14H2,1-4H3,(H,17,18)/q+1;/p-1. The monoisotopic (exact) mass is 802 g/mol. The fourth-order valence-electron chi connectivity index (χ4n) is 7.98. The summed E-state index contributed by atoms with van der Waals surface area (Å²) >= 11 is 0. The molecule has 0 saturated carbocycles. The van der Waals surface area contributed by atoms with Crippen LogP contribution in [0.25, 0.3) is 0 Å². The molecule has 0 aliphatic rings. The van der Waals surface area contributed by atoms with Gasteiger partial charge in [0.25, 0.3) is 7.82 Å². The minimum atomic E-state index is -4.14. The average molecular weight is 802 g/mol. The van der Waals surface area contributed by atoms with Crippen LogP contribution in [-0.2, 0) is 13.6 Å². The molecule has 0 amide bonds. The van der Waals surface area contributed by atoms with Gasteiger partial charge in [-0.3, -0.25) is 4.57 Å². The number of rotatable bonds is 43. The summed E-state index contributed by atoms with van der Waals surface area (Å²) in [5, 5.41) is 0. The molecule has 0 spiro atoms. The summed E-state index contributed by atoms with van der Waals surface area (Å²) in [5.74, 6) is 0.607. The predicted molar refractivity (Wildman–Crippen MR) is 244 cm³/mol. The third-order valence-corrected chi connectivity index (χ3v) is 13.1. The predicted octanol–water partition coefficient (Wildman–Crippen LogP) is 16.6. The fourth-order valence-corrected chi connectivity index (χ4v) is 8.85. The topological polar surface area (TPSA) is 58.6 Å². The molecule has 0 aliphatic carbocycles. The van der Waals surface area contributed by atoms with Crippen molar-refractivity contribution in [2.45, 2.75) is 267 Å². The van der Waals surface area contributed by atoms with E-state index < -0.39 is 7.82 Å². The van der Waals surface area contributed by atoms with E-state index in [2.05, 4.69) is 55.4 Å². The highest BCUT2D eigenvalue weighted by Gasteiger charge is 2.26. The van der Waals surface area contributed by atoms with Gasteiger partial charge in [-0.25, -0.2) is 0 Å². The zero-order valence-corrected chi connectivity index (χ0v) is 40.2. The molecule has 0 radical (unpaired) electrons. The lowest BCUT2D eigenvalue weighted by molar-refractivity contribution is -0.929. The van der Waals surface area contributed by atoms with Gasteiger partial charge in [-0.1, -0.05) is 203 Å². The van der Waals surface area contributed by atoms with Crippen molar-refractivity contribution in [3.05, 3.63) is 0 Å². The van der Waals surface area contributed by atoms with E-state index >= 15 is 0 Å². The van der Waals surface area contributed by atoms with Gasteiger partial charge >= 0.3 is 0 Å². The first-order chi connectivity index (χ1) is 26.7. The highest BCUT2D eigenvalue weighted by atomic mass is 31.2. The van der Waals surface area contributed by atoms with E-state index in [9.17, 15) is 9.46 Å². The van der Waals surface area contributed by atoms with Gasteiger partial charge in [0.1, 0.15) is 0 Å². The van der Waals surface area contributed by atoms with Gasteiger partial charge in [0.05, 0.1) is 39.4 Å². The van der Waals surface area contributed by atoms with E-state index in [0.717, 1.165) is 51.4 Å². The quantitative estimate of drug-likeness (QED) is 0.0350. The summed E-state index contributed by atoms with van der Waals surface area (Å²) in [7, 11) is -4.14. The number of phosphoric ester groups is 1. The molecule has 334 valence electrons. The Hall–Kier alpha value is 0.0700. The van der Waals surface area contributed by atoms with Crippen molar-refractivity contribution in [2.75, 3.05) is 39.4 Å². The highest BCUT2D eigenvalue weighted by molar-refractivity contribution is 7.45. The zero-order valence-electron chi connectivity index (χ0n) is 39.3. The Morgan fingerprint density at radius 3 is 0.855 bits per heavy atom. The molecule has 0 saturated heterocycles. The van der Waals surface area contributed by atoms with Gasteiger partial charge in [0.15, 0.2) is 0 Å². The second-order valence-electron chi connectivity index (χ2n) is 17.5. The maximum absolute atomic E-state index is 11.8. The molecule has 0 heterocycles. The lowest BCUT2D eigenvalue weighted by atomic mass is 10.0. The molecule has 5 nitrogen and oxygen atoms in total. The summed E-state index contributed by atoms with van der Waals surface area (Å²) in [6.07, 6.45) is 44.6. The van der Waals surface area contributed by atoms with Crippen LogP contribution < -0.4 is 4.89 Å². The first-order valence-electron chi connectivity index (χ1n) is 25.2. The number of quaternary nitrogens is 1. The fraction of sp³-hybridized carbons (Fsp3) is 1.00. The van der Waals surface area contributed by atoms with Crippen molar-refractivity contribution in [2.24, 2.45) is 11.8 Å². The van der Waals surface area contributed by atoms with E-state index in [1.54, 1.807) is 0 Å². The van der Waals surface area contributed by atoms with Gasteiger partial charge in [0.2, 0.25) is 0 Å². The summed E-state index contributed by atoms with van der Waals surface area (Å²) in [5.41, 5.74) is 0. The first kappa shape index (κ1) is 57.2. The second kappa shape index (κ2) is 43.6. The van der Waals surface area contributed by atoms with Crippen LogP contribution in [0, 0.1) is 11.8 Å². The highest BCUT2D eigenvalue weighted by Crippen LogP contribution is 2.40. The van der Waals surface area contributed by atoms with Crippen molar-refractivity contribution in [3.63, 3.8) is 0 Å². The summed E-state index contributed by atoms with van der Waals surface area (Å²) in [4.78, 5) is 11.8. The molecule has 2 unspecified atom stereocenters. The Morgan fingerprint density at radius 1 is 0.382 bits per heavy atom. The van der Waals surface area contributed by atoms with Crippen molar-refractivity contribution in [1.82, 2.24) is 0 Å². The molecule has 0 fully saturated rings. The van der Waals surface area contributed by atoms with Crippen molar-refractivity contribution in [1.29, 1.82) is 0 Å². The molecule has 0 N–H and O–H groups in total. The van der Waals surface area contributed by atoms with Crippen LogP contribution in [0.1, 0.15) is 267 Å². The molecule has 6 heteroatoms. The number of nitrogens with zero attached hydrogens (tertiary/aromatic N) is 1. The molecule has 0 aromatic carbocycles.